The molecule has 6 nitrogen and oxygen atoms in total. The van der Waals surface area contributed by atoms with Gasteiger partial charge in [0.1, 0.15) is 11.6 Å². The summed E-state index contributed by atoms with van der Waals surface area (Å²) in [6.45, 7) is 4.34. The van der Waals surface area contributed by atoms with Gasteiger partial charge >= 0.3 is 0 Å². The van der Waals surface area contributed by atoms with Gasteiger partial charge in [-0.1, -0.05) is 12.1 Å². The Morgan fingerprint density at radius 2 is 1.97 bits per heavy atom. The molecule has 7 heteroatoms. The van der Waals surface area contributed by atoms with Gasteiger partial charge in [0.25, 0.3) is 0 Å². The summed E-state index contributed by atoms with van der Waals surface area (Å²) in [6, 6.07) is 10.7. The second-order valence-electron chi connectivity index (χ2n) is 8.23. The number of halogens is 1. The van der Waals surface area contributed by atoms with E-state index in [9.17, 15) is 4.39 Å². The van der Waals surface area contributed by atoms with Gasteiger partial charge in [0, 0.05) is 56.1 Å². The van der Waals surface area contributed by atoms with Crippen molar-refractivity contribution in [1.29, 1.82) is 0 Å². The average Bonchev–Trinajstić information content (AvgIpc) is 2.78. The molecule has 1 aliphatic rings. The molecule has 0 bridgehead atoms. The van der Waals surface area contributed by atoms with Crippen molar-refractivity contribution in [1.82, 2.24) is 24.8 Å². The molecule has 1 aromatic carbocycles. The zero-order valence-electron chi connectivity index (χ0n) is 18.2. The van der Waals surface area contributed by atoms with Crippen LogP contribution < -0.4 is 5.32 Å². The third kappa shape index (κ3) is 5.62. The van der Waals surface area contributed by atoms with Gasteiger partial charge in [0.05, 0.1) is 5.69 Å². The Labute approximate surface area is 183 Å². The maximum Gasteiger partial charge on any atom is 0.163 e. The van der Waals surface area contributed by atoms with Crippen LogP contribution in [0.3, 0.4) is 0 Å². The number of hydrogen-bond acceptors (Lipinski definition) is 6. The van der Waals surface area contributed by atoms with Crippen LogP contribution in [0.2, 0.25) is 0 Å². The monoisotopic (exact) mass is 420 g/mol. The summed E-state index contributed by atoms with van der Waals surface area (Å²) in [6.07, 6.45) is 5.46. The highest BCUT2D eigenvalue weighted by atomic mass is 19.1. The second-order valence-corrected chi connectivity index (χ2v) is 8.23. The summed E-state index contributed by atoms with van der Waals surface area (Å²) in [5.74, 6) is 1.42. The largest absolute Gasteiger partial charge is 0.370 e. The molecule has 1 aliphatic heterocycles. The summed E-state index contributed by atoms with van der Waals surface area (Å²) < 4.78 is 13.2. The van der Waals surface area contributed by atoms with Gasteiger partial charge in [-0.3, -0.25) is 9.88 Å². The van der Waals surface area contributed by atoms with Crippen LogP contribution in [0.4, 0.5) is 10.2 Å². The highest BCUT2D eigenvalue weighted by molar-refractivity contribution is 5.59. The van der Waals surface area contributed by atoms with E-state index in [1.54, 1.807) is 12.4 Å². The first-order chi connectivity index (χ1) is 15.1. The number of fused-ring (bicyclic) bond motifs is 1. The van der Waals surface area contributed by atoms with Crippen LogP contribution in [0.25, 0.3) is 11.4 Å². The Hall–Kier alpha value is -2.90. The van der Waals surface area contributed by atoms with E-state index in [2.05, 4.69) is 34.2 Å². The van der Waals surface area contributed by atoms with Gasteiger partial charge in [0.2, 0.25) is 0 Å². The first-order valence-electron chi connectivity index (χ1n) is 10.7. The zero-order valence-corrected chi connectivity index (χ0v) is 18.2. The molecule has 31 heavy (non-hydrogen) atoms. The Balaban J connectivity index is 1.56. The van der Waals surface area contributed by atoms with Crippen molar-refractivity contribution < 1.29 is 4.39 Å². The van der Waals surface area contributed by atoms with Crippen molar-refractivity contribution in [3.8, 4) is 11.4 Å². The van der Waals surface area contributed by atoms with Gasteiger partial charge in [-0.15, -0.1) is 0 Å². The lowest BCUT2D eigenvalue weighted by atomic mass is 10.0. The summed E-state index contributed by atoms with van der Waals surface area (Å²) in [7, 11) is 4.17. The lowest BCUT2D eigenvalue weighted by Gasteiger charge is -2.30. The van der Waals surface area contributed by atoms with Crippen LogP contribution in [0.5, 0.6) is 0 Å². The third-order valence-corrected chi connectivity index (χ3v) is 5.45. The Bertz CT molecular complexity index is 991. The van der Waals surface area contributed by atoms with Crippen LogP contribution in [0.1, 0.15) is 23.2 Å². The smallest absolute Gasteiger partial charge is 0.163 e. The molecule has 1 N–H and O–H groups in total. The maximum absolute atomic E-state index is 13.2. The van der Waals surface area contributed by atoms with Gasteiger partial charge in [-0.2, -0.15) is 0 Å². The molecule has 0 fully saturated rings. The minimum atomic E-state index is -0.201. The number of nitrogens with one attached hydrogen (secondary N) is 1. The summed E-state index contributed by atoms with van der Waals surface area (Å²) in [4.78, 5) is 18.5. The van der Waals surface area contributed by atoms with Crippen molar-refractivity contribution in [3.63, 3.8) is 0 Å². The highest BCUT2D eigenvalue weighted by Crippen LogP contribution is 2.28. The van der Waals surface area contributed by atoms with Crippen molar-refractivity contribution in [2.24, 2.45) is 0 Å². The molecule has 4 rings (SSSR count). The molecule has 2 aromatic heterocycles. The molecular formula is C24H29FN6. The van der Waals surface area contributed by atoms with Crippen LogP contribution in [-0.2, 0) is 19.5 Å². The number of nitrogens with zero attached hydrogens (tertiary/aromatic N) is 5. The maximum atomic E-state index is 13.2. The molecule has 0 aliphatic carbocycles. The van der Waals surface area contributed by atoms with Crippen LogP contribution in [0, 0.1) is 5.82 Å². The molecule has 3 aromatic rings. The van der Waals surface area contributed by atoms with Crippen LogP contribution in [-0.4, -0.2) is 58.5 Å². The van der Waals surface area contributed by atoms with E-state index < -0.39 is 0 Å². The normalized spacial score (nSPS) is 13.9. The first kappa shape index (κ1) is 21.3. The van der Waals surface area contributed by atoms with Gasteiger partial charge < -0.3 is 10.2 Å². The number of pyridine rings is 1. The minimum Gasteiger partial charge on any atom is -0.370 e. The fourth-order valence-electron chi connectivity index (χ4n) is 3.83. The van der Waals surface area contributed by atoms with E-state index in [-0.39, 0.29) is 5.82 Å². The van der Waals surface area contributed by atoms with E-state index in [1.807, 2.05) is 24.3 Å². The predicted molar refractivity (Wildman–Crippen MR) is 121 cm³/mol. The average molecular weight is 421 g/mol. The van der Waals surface area contributed by atoms with Gasteiger partial charge in [-0.05, 0) is 56.9 Å². The summed E-state index contributed by atoms with van der Waals surface area (Å²) in [5, 5.41) is 3.56. The number of hydrogen-bond donors (Lipinski definition) is 1. The first-order valence-corrected chi connectivity index (χ1v) is 10.7. The fourth-order valence-corrected chi connectivity index (χ4v) is 3.83. The van der Waals surface area contributed by atoms with Gasteiger partial charge in [-0.25, -0.2) is 14.4 Å². The molecule has 0 atom stereocenters. The number of benzene rings is 1. The molecule has 0 unspecified atom stereocenters. The Kier molecular flexibility index (Phi) is 6.84. The highest BCUT2D eigenvalue weighted by Gasteiger charge is 2.23. The number of aromatic nitrogens is 3. The van der Waals surface area contributed by atoms with E-state index in [4.69, 9.17) is 9.97 Å². The van der Waals surface area contributed by atoms with Crippen molar-refractivity contribution in [2.45, 2.75) is 25.9 Å². The lowest BCUT2D eigenvalue weighted by molar-refractivity contribution is 0.243. The minimum absolute atomic E-state index is 0.201. The summed E-state index contributed by atoms with van der Waals surface area (Å²) in [5.41, 5.74) is 4.29. The van der Waals surface area contributed by atoms with Crippen LogP contribution >= 0.6 is 0 Å². The molecule has 0 saturated carbocycles. The standard InChI is InChI=1S/C24H29FN6/c1-30(2)13-4-12-27-24-21-17-31(16-18-6-8-20(25)9-7-18)14-10-22(21)28-23(29-24)19-5-3-11-26-15-19/h3,5-9,11,15H,4,10,12-14,16-17H2,1-2H3,(H,27,28,29). The number of rotatable bonds is 8. The number of anilines is 1. The van der Waals surface area contributed by atoms with Crippen molar-refractivity contribution in [3.05, 3.63) is 71.4 Å². The van der Waals surface area contributed by atoms with Crippen molar-refractivity contribution in [2.75, 3.05) is 39.0 Å². The molecule has 3 heterocycles. The van der Waals surface area contributed by atoms with Crippen molar-refractivity contribution >= 4 is 5.82 Å². The molecular weight excluding hydrogens is 391 g/mol. The molecule has 0 spiro atoms. The zero-order chi connectivity index (χ0) is 21.6. The fraction of sp³-hybridized carbons (Fsp3) is 0.375. The van der Waals surface area contributed by atoms with E-state index in [1.165, 1.54) is 12.1 Å². The third-order valence-electron chi connectivity index (χ3n) is 5.45. The van der Waals surface area contributed by atoms with Gasteiger partial charge in [0.15, 0.2) is 5.82 Å². The topological polar surface area (TPSA) is 57.2 Å². The SMILES string of the molecule is CN(C)CCCNc1nc(-c2cccnc2)nc2c1CN(Cc1ccc(F)cc1)CC2. The van der Waals surface area contributed by atoms with Crippen LogP contribution in [0.15, 0.2) is 48.8 Å². The summed E-state index contributed by atoms with van der Waals surface area (Å²) >= 11 is 0. The molecule has 0 radical (unpaired) electrons. The van der Waals surface area contributed by atoms with E-state index in [0.717, 1.165) is 73.8 Å². The second kappa shape index (κ2) is 9.94. The lowest BCUT2D eigenvalue weighted by Crippen LogP contribution is -2.32. The molecule has 0 amide bonds. The predicted octanol–water partition coefficient (Wildman–Crippen LogP) is 3.60. The van der Waals surface area contributed by atoms with E-state index in [0.29, 0.717) is 5.82 Å². The van der Waals surface area contributed by atoms with E-state index >= 15 is 0 Å². The molecule has 162 valence electrons. The molecule has 0 saturated heterocycles. The Morgan fingerprint density at radius 1 is 1.13 bits per heavy atom. The Morgan fingerprint density at radius 3 is 2.71 bits per heavy atom. The quantitative estimate of drug-likeness (QED) is 0.562.